The van der Waals surface area contributed by atoms with Crippen LogP contribution in [0.1, 0.15) is 31.7 Å². The predicted octanol–water partition coefficient (Wildman–Crippen LogP) is 5.11. The van der Waals surface area contributed by atoms with E-state index in [2.05, 4.69) is 20.6 Å². The van der Waals surface area contributed by atoms with Crippen LogP contribution in [0.2, 0.25) is 0 Å². The van der Waals surface area contributed by atoms with E-state index < -0.39 is 11.6 Å². The van der Waals surface area contributed by atoms with Gasteiger partial charge in [0.1, 0.15) is 17.0 Å². The molecule has 3 aromatic heterocycles. The molecular formula is C21H17F2N5. The molecule has 28 heavy (non-hydrogen) atoms. The van der Waals surface area contributed by atoms with Crippen LogP contribution in [-0.2, 0) is 0 Å². The molecule has 0 spiro atoms. The Morgan fingerprint density at radius 2 is 1.93 bits per heavy atom. The first-order valence-corrected chi connectivity index (χ1v) is 9.35. The van der Waals surface area contributed by atoms with E-state index in [9.17, 15) is 14.0 Å². The molecule has 1 aromatic carbocycles. The predicted molar refractivity (Wildman–Crippen MR) is 101 cm³/mol. The summed E-state index contributed by atoms with van der Waals surface area (Å²) in [5.74, 6) is -1.10. The highest BCUT2D eigenvalue weighted by atomic mass is 19.2. The minimum Gasteiger partial charge on any atom is -0.346 e. The SMILES string of the molecule is N#C[C@H]1CC[C@H](n2c(-c3ccc(F)c(F)c3)nc3cnc4[nH]ccc4c32)CC1. The van der Waals surface area contributed by atoms with Gasteiger partial charge in [-0.25, -0.2) is 18.7 Å². The number of benzene rings is 1. The van der Waals surface area contributed by atoms with Gasteiger partial charge in [-0.15, -0.1) is 0 Å². The highest BCUT2D eigenvalue weighted by Crippen LogP contribution is 2.39. The van der Waals surface area contributed by atoms with Crippen LogP contribution >= 0.6 is 0 Å². The van der Waals surface area contributed by atoms with Crippen molar-refractivity contribution in [3.8, 4) is 17.5 Å². The largest absolute Gasteiger partial charge is 0.346 e. The third kappa shape index (κ3) is 2.56. The van der Waals surface area contributed by atoms with E-state index in [-0.39, 0.29) is 12.0 Å². The Morgan fingerprint density at radius 1 is 1.11 bits per heavy atom. The number of rotatable bonds is 2. The van der Waals surface area contributed by atoms with Gasteiger partial charge in [-0.1, -0.05) is 0 Å². The zero-order valence-electron chi connectivity index (χ0n) is 15.0. The van der Waals surface area contributed by atoms with Gasteiger partial charge in [0.25, 0.3) is 0 Å². The minimum atomic E-state index is -0.894. The van der Waals surface area contributed by atoms with Crippen LogP contribution in [-0.4, -0.2) is 19.5 Å². The average Bonchev–Trinajstić information content (AvgIpc) is 3.34. The molecule has 1 fully saturated rings. The van der Waals surface area contributed by atoms with Crippen molar-refractivity contribution in [3.05, 3.63) is 48.3 Å². The number of halogens is 2. The lowest BCUT2D eigenvalue weighted by Gasteiger charge is -2.28. The zero-order valence-corrected chi connectivity index (χ0v) is 15.0. The van der Waals surface area contributed by atoms with Crippen LogP contribution in [0.15, 0.2) is 36.7 Å². The summed E-state index contributed by atoms with van der Waals surface area (Å²) in [7, 11) is 0. The Balaban J connectivity index is 1.75. The number of nitriles is 1. The molecule has 1 aliphatic rings. The molecule has 7 heteroatoms. The number of imidazole rings is 1. The summed E-state index contributed by atoms with van der Waals surface area (Å²) in [6.45, 7) is 0. The van der Waals surface area contributed by atoms with Gasteiger partial charge in [-0.3, -0.25) is 0 Å². The summed E-state index contributed by atoms with van der Waals surface area (Å²) in [6, 6.07) is 8.33. The Bertz CT molecular complexity index is 1230. The monoisotopic (exact) mass is 377 g/mol. The average molecular weight is 377 g/mol. The lowest BCUT2D eigenvalue weighted by Crippen LogP contribution is -2.18. The van der Waals surface area contributed by atoms with E-state index in [1.807, 2.05) is 12.3 Å². The molecule has 0 aliphatic heterocycles. The molecule has 140 valence electrons. The topological polar surface area (TPSA) is 70.3 Å². The van der Waals surface area contributed by atoms with Crippen LogP contribution in [0.3, 0.4) is 0 Å². The summed E-state index contributed by atoms with van der Waals surface area (Å²) in [5, 5.41) is 10.2. The van der Waals surface area contributed by atoms with Crippen LogP contribution in [0.4, 0.5) is 8.78 Å². The maximum atomic E-state index is 13.9. The van der Waals surface area contributed by atoms with Crippen molar-refractivity contribution in [2.45, 2.75) is 31.7 Å². The van der Waals surface area contributed by atoms with E-state index in [0.717, 1.165) is 48.3 Å². The third-order valence-corrected chi connectivity index (χ3v) is 5.66. The van der Waals surface area contributed by atoms with Gasteiger partial charge in [0, 0.05) is 29.1 Å². The number of hydrogen-bond acceptors (Lipinski definition) is 3. The molecule has 0 unspecified atom stereocenters. The molecule has 1 aliphatic carbocycles. The second-order valence-corrected chi connectivity index (χ2v) is 7.30. The first-order chi connectivity index (χ1) is 13.7. The van der Waals surface area contributed by atoms with Gasteiger partial charge in [-0.05, 0) is 49.9 Å². The molecule has 5 rings (SSSR count). The molecule has 0 radical (unpaired) electrons. The van der Waals surface area contributed by atoms with Crippen molar-refractivity contribution in [1.29, 1.82) is 5.26 Å². The molecule has 5 nitrogen and oxygen atoms in total. The number of aromatic amines is 1. The number of H-pyrrole nitrogens is 1. The van der Waals surface area contributed by atoms with Crippen molar-refractivity contribution in [3.63, 3.8) is 0 Å². The van der Waals surface area contributed by atoms with Crippen LogP contribution in [0.5, 0.6) is 0 Å². The molecule has 0 amide bonds. The number of aromatic nitrogens is 4. The Morgan fingerprint density at radius 3 is 2.68 bits per heavy atom. The van der Waals surface area contributed by atoms with Crippen molar-refractivity contribution in [1.82, 2.24) is 19.5 Å². The first-order valence-electron chi connectivity index (χ1n) is 9.35. The van der Waals surface area contributed by atoms with Crippen molar-refractivity contribution >= 4 is 22.1 Å². The maximum absolute atomic E-state index is 13.9. The fraction of sp³-hybridized carbons (Fsp3) is 0.286. The summed E-state index contributed by atoms with van der Waals surface area (Å²) >= 11 is 0. The second-order valence-electron chi connectivity index (χ2n) is 7.30. The summed E-state index contributed by atoms with van der Waals surface area (Å²) in [5.41, 5.74) is 2.94. The Labute approximate surface area is 159 Å². The number of hydrogen-bond donors (Lipinski definition) is 1. The van der Waals surface area contributed by atoms with Gasteiger partial charge in [0.05, 0.1) is 17.8 Å². The lowest BCUT2D eigenvalue weighted by molar-refractivity contribution is 0.320. The normalized spacial score (nSPS) is 19.9. The lowest BCUT2D eigenvalue weighted by atomic mass is 9.86. The maximum Gasteiger partial charge on any atom is 0.159 e. The third-order valence-electron chi connectivity index (χ3n) is 5.66. The smallest absolute Gasteiger partial charge is 0.159 e. The summed E-state index contributed by atoms with van der Waals surface area (Å²) in [4.78, 5) is 12.3. The number of nitrogens with one attached hydrogen (secondary N) is 1. The zero-order chi connectivity index (χ0) is 19.3. The first kappa shape index (κ1) is 16.9. The quantitative estimate of drug-likeness (QED) is 0.527. The molecule has 0 atom stereocenters. The van der Waals surface area contributed by atoms with Crippen LogP contribution in [0, 0.1) is 28.9 Å². The fourth-order valence-electron chi connectivity index (χ4n) is 4.25. The standard InChI is InChI=1S/C21H17F2N5/c22-16-6-3-13(9-17(16)23)21-27-18-11-26-20-15(7-8-25-20)19(18)28(21)14-4-1-12(10-24)2-5-14/h3,6-9,11-12,14H,1-2,4-5H2,(H,25,26)/t12-,14-. The van der Waals surface area contributed by atoms with Crippen molar-refractivity contribution < 1.29 is 8.78 Å². The fourth-order valence-corrected chi connectivity index (χ4v) is 4.25. The molecule has 0 bridgehead atoms. The Hall–Kier alpha value is -3.27. The minimum absolute atomic E-state index is 0.0756. The Kier molecular flexibility index (Phi) is 3.86. The van der Waals surface area contributed by atoms with E-state index in [0.29, 0.717) is 16.9 Å². The molecule has 0 saturated heterocycles. The van der Waals surface area contributed by atoms with Gasteiger partial charge in [0.2, 0.25) is 0 Å². The molecule has 1 N–H and O–H groups in total. The van der Waals surface area contributed by atoms with Crippen LogP contribution < -0.4 is 0 Å². The molecular weight excluding hydrogens is 360 g/mol. The van der Waals surface area contributed by atoms with Gasteiger partial charge in [-0.2, -0.15) is 5.26 Å². The van der Waals surface area contributed by atoms with Crippen LogP contribution in [0.25, 0.3) is 33.5 Å². The van der Waals surface area contributed by atoms with Gasteiger partial charge in [0.15, 0.2) is 11.6 Å². The number of pyridine rings is 1. The highest BCUT2D eigenvalue weighted by molar-refractivity contribution is 6.02. The van der Waals surface area contributed by atoms with E-state index in [1.165, 1.54) is 6.07 Å². The second kappa shape index (κ2) is 6.41. The van der Waals surface area contributed by atoms with Gasteiger partial charge < -0.3 is 9.55 Å². The van der Waals surface area contributed by atoms with Gasteiger partial charge >= 0.3 is 0 Å². The highest BCUT2D eigenvalue weighted by Gasteiger charge is 2.27. The van der Waals surface area contributed by atoms with E-state index >= 15 is 0 Å². The number of nitrogens with zero attached hydrogens (tertiary/aromatic N) is 4. The summed E-state index contributed by atoms with van der Waals surface area (Å²) in [6.07, 6.45) is 6.86. The summed E-state index contributed by atoms with van der Waals surface area (Å²) < 4.78 is 29.5. The van der Waals surface area contributed by atoms with Crippen molar-refractivity contribution in [2.75, 3.05) is 0 Å². The van der Waals surface area contributed by atoms with Crippen molar-refractivity contribution in [2.24, 2.45) is 5.92 Å². The van der Waals surface area contributed by atoms with E-state index in [4.69, 9.17) is 4.98 Å². The molecule has 3 heterocycles. The van der Waals surface area contributed by atoms with E-state index in [1.54, 1.807) is 12.3 Å². The molecule has 4 aromatic rings. The molecule has 1 saturated carbocycles. The number of fused-ring (bicyclic) bond motifs is 3.